The van der Waals surface area contributed by atoms with Crippen LogP contribution in [0, 0.1) is 0 Å². The van der Waals surface area contributed by atoms with Crippen molar-refractivity contribution in [2.45, 2.75) is 6.54 Å². The van der Waals surface area contributed by atoms with Gasteiger partial charge in [-0.2, -0.15) is 0 Å². The lowest BCUT2D eigenvalue weighted by molar-refractivity contribution is 0.833. The van der Waals surface area contributed by atoms with E-state index in [1.807, 2.05) is 42.6 Å². The van der Waals surface area contributed by atoms with Crippen LogP contribution in [0.1, 0.15) is 5.56 Å². The smallest absolute Gasteiger partial charge is 0.260 e. The largest absolute Gasteiger partial charge is 0.369 e. The van der Waals surface area contributed by atoms with Gasteiger partial charge in [-0.15, -0.1) is 0 Å². The molecule has 2 aromatic carbocycles. The molecule has 0 saturated carbocycles. The number of nitrogens with one attached hydrogen (secondary N) is 1. The summed E-state index contributed by atoms with van der Waals surface area (Å²) in [6.45, 7) is 0.719. The molecule has 114 valence electrons. The van der Waals surface area contributed by atoms with Gasteiger partial charge in [0.1, 0.15) is 0 Å². The molecule has 0 amide bonds. The average Bonchev–Trinajstić information content (AvgIpc) is 2.92. The van der Waals surface area contributed by atoms with E-state index in [1.165, 1.54) is 5.56 Å². The number of nitrogens with two attached hydrogens (primary N) is 1. The number of hydrogen-bond acceptors (Lipinski definition) is 3. The molecular formula is C17H13BrN4O. The molecule has 0 spiro atoms. The molecule has 0 aliphatic heterocycles. The molecule has 3 N–H and O–H groups in total. The van der Waals surface area contributed by atoms with Crippen molar-refractivity contribution in [2.75, 3.05) is 5.73 Å². The first-order valence-electron chi connectivity index (χ1n) is 7.14. The maximum atomic E-state index is 12.2. The Morgan fingerprint density at radius 3 is 2.83 bits per heavy atom. The van der Waals surface area contributed by atoms with E-state index >= 15 is 0 Å². The van der Waals surface area contributed by atoms with E-state index in [9.17, 15) is 4.79 Å². The topological polar surface area (TPSA) is 76.7 Å². The summed E-state index contributed by atoms with van der Waals surface area (Å²) >= 11 is 3.57. The van der Waals surface area contributed by atoms with Crippen LogP contribution in [0.25, 0.3) is 21.8 Å². The number of nitrogens with zero attached hydrogens (tertiary/aromatic N) is 2. The van der Waals surface area contributed by atoms with Crippen molar-refractivity contribution in [3.8, 4) is 0 Å². The number of hydrogen-bond donors (Lipinski definition) is 2. The quantitative estimate of drug-likeness (QED) is 0.569. The van der Waals surface area contributed by atoms with E-state index in [2.05, 4.69) is 36.5 Å². The first-order chi connectivity index (χ1) is 11.1. The lowest BCUT2D eigenvalue weighted by Crippen LogP contribution is -2.11. The van der Waals surface area contributed by atoms with Crippen molar-refractivity contribution >= 4 is 43.7 Å². The van der Waals surface area contributed by atoms with Gasteiger partial charge in [0.05, 0.1) is 10.9 Å². The third-order valence-electron chi connectivity index (χ3n) is 3.94. The minimum Gasteiger partial charge on any atom is -0.369 e. The zero-order valence-corrected chi connectivity index (χ0v) is 13.7. The molecule has 0 unspecified atom stereocenters. The molecular weight excluding hydrogens is 356 g/mol. The molecule has 4 aromatic rings. The highest BCUT2D eigenvalue weighted by Gasteiger charge is 2.11. The molecule has 2 aromatic heterocycles. The fraction of sp³-hybridized carbons (Fsp3) is 0.0588. The molecule has 0 radical (unpaired) electrons. The van der Waals surface area contributed by atoms with E-state index in [-0.39, 0.29) is 11.5 Å². The van der Waals surface area contributed by atoms with Gasteiger partial charge in [-0.05, 0) is 29.8 Å². The van der Waals surface area contributed by atoms with Gasteiger partial charge in [-0.3, -0.25) is 9.78 Å². The number of fused-ring (bicyclic) bond motifs is 3. The minimum absolute atomic E-state index is 0.134. The Morgan fingerprint density at radius 1 is 1.17 bits per heavy atom. The van der Waals surface area contributed by atoms with Crippen LogP contribution >= 0.6 is 15.9 Å². The van der Waals surface area contributed by atoms with Crippen molar-refractivity contribution < 1.29 is 0 Å². The monoisotopic (exact) mass is 368 g/mol. The highest BCUT2D eigenvalue weighted by molar-refractivity contribution is 9.10. The van der Waals surface area contributed by atoms with Crippen molar-refractivity contribution in [1.82, 2.24) is 14.5 Å². The standard InChI is InChI=1S/C17H13BrN4O/c18-12-4-2-1-3-10(12)9-22-8-7-11-14(22)6-5-13-15(11)16(23)21-17(19)20-13/h1-8H,9H2,(H3,19,20,21,23). The van der Waals surface area contributed by atoms with Crippen LogP contribution in [-0.4, -0.2) is 14.5 Å². The molecule has 4 rings (SSSR count). The van der Waals surface area contributed by atoms with Gasteiger partial charge in [0, 0.05) is 28.1 Å². The second kappa shape index (κ2) is 5.24. The molecule has 23 heavy (non-hydrogen) atoms. The molecule has 0 atom stereocenters. The van der Waals surface area contributed by atoms with Crippen LogP contribution in [0.15, 0.2) is 57.9 Å². The molecule has 0 aliphatic carbocycles. The van der Waals surface area contributed by atoms with Crippen LogP contribution in [-0.2, 0) is 6.54 Å². The minimum atomic E-state index is -0.211. The lowest BCUT2D eigenvalue weighted by Gasteiger charge is -2.08. The fourth-order valence-corrected chi connectivity index (χ4v) is 3.29. The number of nitrogen functional groups attached to an aromatic ring is 1. The Labute approximate surface area is 139 Å². The zero-order valence-electron chi connectivity index (χ0n) is 12.1. The third kappa shape index (κ3) is 2.31. The molecule has 0 saturated heterocycles. The first-order valence-corrected chi connectivity index (χ1v) is 7.93. The summed E-state index contributed by atoms with van der Waals surface area (Å²) in [5.41, 5.74) is 8.18. The molecule has 2 heterocycles. The first kappa shape index (κ1) is 14.0. The molecule has 6 heteroatoms. The predicted molar refractivity (Wildman–Crippen MR) is 95.5 cm³/mol. The van der Waals surface area contributed by atoms with Gasteiger partial charge in [0.25, 0.3) is 5.56 Å². The van der Waals surface area contributed by atoms with Crippen LogP contribution < -0.4 is 11.3 Å². The Morgan fingerprint density at radius 2 is 2.00 bits per heavy atom. The molecule has 0 aliphatic rings. The van der Waals surface area contributed by atoms with Crippen molar-refractivity contribution in [3.05, 3.63) is 69.1 Å². The Balaban J connectivity index is 1.92. The van der Waals surface area contributed by atoms with E-state index < -0.39 is 0 Å². The Bertz CT molecular complexity index is 1100. The van der Waals surface area contributed by atoms with Crippen LogP contribution in [0.4, 0.5) is 5.95 Å². The summed E-state index contributed by atoms with van der Waals surface area (Å²) < 4.78 is 3.18. The molecule has 5 nitrogen and oxygen atoms in total. The fourth-order valence-electron chi connectivity index (χ4n) is 2.88. The summed E-state index contributed by atoms with van der Waals surface area (Å²) in [5, 5.41) is 1.45. The predicted octanol–water partition coefficient (Wildman–Crippen LogP) is 3.27. The van der Waals surface area contributed by atoms with E-state index in [0.29, 0.717) is 10.9 Å². The Hall–Kier alpha value is -2.60. The van der Waals surface area contributed by atoms with Gasteiger partial charge in [-0.1, -0.05) is 34.1 Å². The molecule has 0 bridgehead atoms. The summed E-state index contributed by atoms with van der Waals surface area (Å²) in [6.07, 6.45) is 1.99. The summed E-state index contributed by atoms with van der Waals surface area (Å²) in [6, 6.07) is 13.9. The maximum Gasteiger partial charge on any atom is 0.260 e. The van der Waals surface area contributed by atoms with E-state index in [4.69, 9.17) is 5.73 Å². The normalized spacial score (nSPS) is 11.3. The van der Waals surface area contributed by atoms with Gasteiger partial charge in [0.2, 0.25) is 5.95 Å². The number of halogens is 1. The van der Waals surface area contributed by atoms with E-state index in [0.717, 1.165) is 21.9 Å². The number of rotatable bonds is 2. The number of anilines is 1. The second-order valence-corrected chi connectivity index (χ2v) is 6.23. The van der Waals surface area contributed by atoms with Crippen molar-refractivity contribution in [3.63, 3.8) is 0 Å². The zero-order chi connectivity index (χ0) is 16.0. The Kier molecular flexibility index (Phi) is 3.20. The van der Waals surface area contributed by atoms with E-state index in [1.54, 1.807) is 0 Å². The number of aromatic nitrogens is 3. The average molecular weight is 369 g/mol. The second-order valence-electron chi connectivity index (χ2n) is 5.38. The highest BCUT2D eigenvalue weighted by Crippen LogP contribution is 2.25. The number of benzene rings is 2. The summed E-state index contributed by atoms with van der Waals surface area (Å²) in [7, 11) is 0. The van der Waals surface area contributed by atoms with Crippen molar-refractivity contribution in [2.24, 2.45) is 0 Å². The highest BCUT2D eigenvalue weighted by atomic mass is 79.9. The number of H-pyrrole nitrogens is 1. The summed E-state index contributed by atoms with van der Waals surface area (Å²) in [4.78, 5) is 19.0. The maximum absolute atomic E-state index is 12.2. The lowest BCUT2D eigenvalue weighted by atomic mass is 10.1. The van der Waals surface area contributed by atoms with Gasteiger partial charge < -0.3 is 10.3 Å². The molecule has 0 fully saturated rings. The van der Waals surface area contributed by atoms with Crippen LogP contribution in [0.3, 0.4) is 0 Å². The van der Waals surface area contributed by atoms with Crippen LogP contribution in [0.2, 0.25) is 0 Å². The van der Waals surface area contributed by atoms with Gasteiger partial charge in [-0.25, -0.2) is 4.98 Å². The summed E-state index contributed by atoms with van der Waals surface area (Å²) in [5.74, 6) is 0.134. The van der Waals surface area contributed by atoms with Crippen molar-refractivity contribution in [1.29, 1.82) is 0 Å². The van der Waals surface area contributed by atoms with Gasteiger partial charge >= 0.3 is 0 Å². The SMILES string of the molecule is Nc1nc2ccc3c(ccn3Cc3ccccc3Br)c2c(=O)[nH]1. The number of aromatic amines is 1. The third-order valence-corrected chi connectivity index (χ3v) is 4.71. The van der Waals surface area contributed by atoms with Crippen LogP contribution in [0.5, 0.6) is 0 Å². The van der Waals surface area contributed by atoms with Gasteiger partial charge in [0.15, 0.2) is 0 Å².